The van der Waals surface area contributed by atoms with Crippen LogP contribution >= 0.6 is 0 Å². The Kier molecular flexibility index (Phi) is 3.16. The fraction of sp³-hybridized carbons (Fsp3) is 0.133. The van der Waals surface area contributed by atoms with E-state index >= 15 is 0 Å². The van der Waals surface area contributed by atoms with Crippen LogP contribution in [0.3, 0.4) is 0 Å². The second-order valence-electron chi connectivity index (χ2n) is 4.66. The molecule has 3 rings (SSSR count). The van der Waals surface area contributed by atoms with Crippen molar-refractivity contribution >= 4 is 5.69 Å². The molecule has 0 amide bonds. The highest BCUT2D eigenvalue weighted by molar-refractivity contribution is 5.60. The molecule has 0 saturated heterocycles. The van der Waals surface area contributed by atoms with Crippen LogP contribution in [0.25, 0.3) is 11.4 Å². The normalized spacial score (nSPS) is 10.7. The van der Waals surface area contributed by atoms with Gasteiger partial charge in [0.1, 0.15) is 6.33 Å². The maximum atomic E-state index is 5.77. The van der Waals surface area contributed by atoms with Crippen LogP contribution in [-0.2, 0) is 6.54 Å². The molecule has 3 aromatic rings. The number of hydrogen-bond donors (Lipinski definition) is 1. The minimum atomic E-state index is 0.613. The van der Waals surface area contributed by atoms with Crippen molar-refractivity contribution in [2.24, 2.45) is 0 Å². The van der Waals surface area contributed by atoms with Crippen molar-refractivity contribution in [3.8, 4) is 11.4 Å². The zero-order valence-electron chi connectivity index (χ0n) is 11.2. The first-order valence-corrected chi connectivity index (χ1v) is 6.38. The van der Waals surface area contributed by atoms with E-state index in [1.54, 1.807) is 17.2 Å². The lowest BCUT2D eigenvalue weighted by Crippen LogP contribution is -2.04. The molecule has 0 radical (unpaired) electrons. The molecule has 0 fully saturated rings. The molecule has 0 unspecified atom stereocenters. The molecule has 5 nitrogen and oxygen atoms in total. The Hall–Kier alpha value is -2.69. The van der Waals surface area contributed by atoms with Crippen LogP contribution in [0.15, 0.2) is 48.9 Å². The summed E-state index contributed by atoms with van der Waals surface area (Å²) in [5.41, 5.74) is 9.54. The Morgan fingerprint density at radius 3 is 2.85 bits per heavy atom. The van der Waals surface area contributed by atoms with Crippen LogP contribution in [0.4, 0.5) is 5.69 Å². The molecule has 1 aromatic carbocycles. The third-order valence-corrected chi connectivity index (χ3v) is 3.11. The molecule has 100 valence electrons. The monoisotopic (exact) mass is 265 g/mol. The molecule has 0 aliphatic heterocycles. The van der Waals surface area contributed by atoms with Gasteiger partial charge in [-0.15, -0.1) is 0 Å². The van der Waals surface area contributed by atoms with Crippen LogP contribution in [0.2, 0.25) is 0 Å². The summed E-state index contributed by atoms with van der Waals surface area (Å²) in [5, 5.41) is 4.47. The van der Waals surface area contributed by atoms with Gasteiger partial charge in [0.15, 0.2) is 5.82 Å². The SMILES string of the molecule is Cc1cccnc1Cn1cnc(-c2cccc(N)c2)n1. The number of aromatic nitrogens is 4. The average molecular weight is 265 g/mol. The van der Waals surface area contributed by atoms with Gasteiger partial charge in [-0.05, 0) is 30.7 Å². The zero-order valence-corrected chi connectivity index (χ0v) is 11.2. The molecule has 2 heterocycles. The number of aryl methyl sites for hydroxylation is 1. The Bertz CT molecular complexity index is 732. The first kappa shape index (κ1) is 12.3. The smallest absolute Gasteiger partial charge is 0.181 e. The number of anilines is 1. The Morgan fingerprint density at radius 1 is 1.15 bits per heavy atom. The summed E-state index contributed by atoms with van der Waals surface area (Å²) in [6.07, 6.45) is 3.50. The first-order chi connectivity index (χ1) is 9.72. The summed E-state index contributed by atoms with van der Waals surface area (Å²) in [6.45, 7) is 2.65. The average Bonchev–Trinajstić information content (AvgIpc) is 2.90. The molecule has 0 aliphatic rings. The van der Waals surface area contributed by atoms with Gasteiger partial charge >= 0.3 is 0 Å². The van der Waals surface area contributed by atoms with Crippen molar-refractivity contribution in [1.82, 2.24) is 19.7 Å². The first-order valence-electron chi connectivity index (χ1n) is 6.38. The van der Waals surface area contributed by atoms with Gasteiger partial charge in [-0.1, -0.05) is 18.2 Å². The predicted molar refractivity (Wildman–Crippen MR) is 77.9 cm³/mol. The number of rotatable bonds is 3. The largest absolute Gasteiger partial charge is 0.399 e. The van der Waals surface area contributed by atoms with E-state index in [4.69, 9.17) is 5.73 Å². The molecular formula is C15H15N5. The van der Waals surface area contributed by atoms with Gasteiger partial charge in [0.05, 0.1) is 12.2 Å². The van der Waals surface area contributed by atoms with Gasteiger partial charge in [-0.3, -0.25) is 4.98 Å². The van der Waals surface area contributed by atoms with E-state index in [-0.39, 0.29) is 0 Å². The summed E-state index contributed by atoms with van der Waals surface area (Å²) in [6, 6.07) is 11.5. The quantitative estimate of drug-likeness (QED) is 0.738. The topological polar surface area (TPSA) is 69.6 Å². The summed E-state index contributed by atoms with van der Waals surface area (Å²) in [5.74, 6) is 0.672. The third-order valence-electron chi connectivity index (χ3n) is 3.11. The summed E-state index contributed by atoms with van der Waals surface area (Å²) in [4.78, 5) is 8.68. The highest BCUT2D eigenvalue weighted by Crippen LogP contribution is 2.17. The minimum absolute atomic E-state index is 0.613. The van der Waals surface area contributed by atoms with Gasteiger partial charge in [0.25, 0.3) is 0 Å². The van der Waals surface area contributed by atoms with Gasteiger partial charge in [0, 0.05) is 17.4 Å². The van der Waals surface area contributed by atoms with Gasteiger partial charge in [0.2, 0.25) is 0 Å². The Balaban J connectivity index is 1.86. The van der Waals surface area contributed by atoms with E-state index in [0.717, 1.165) is 16.8 Å². The van der Waals surface area contributed by atoms with Crippen LogP contribution in [-0.4, -0.2) is 19.7 Å². The lowest BCUT2D eigenvalue weighted by Gasteiger charge is -2.03. The predicted octanol–water partition coefficient (Wildman–Crippen LogP) is 2.28. The molecule has 0 atom stereocenters. The lowest BCUT2D eigenvalue weighted by molar-refractivity contribution is 0.669. The van der Waals surface area contributed by atoms with E-state index in [1.165, 1.54) is 0 Å². The van der Waals surface area contributed by atoms with Crippen molar-refractivity contribution in [2.45, 2.75) is 13.5 Å². The number of nitrogen functional groups attached to an aromatic ring is 1. The lowest BCUT2D eigenvalue weighted by atomic mass is 10.2. The second-order valence-corrected chi connectivity index (χ2v) is 4.66. The molecule has 5 heteroatoms. The number of nitrogens with two attached hydrogens (primary N) is 1. The van der Waals surface area contributed by atoms with Crippen molar-refractivity contribution in [1.29, 1.82) is 0 Å². The highest BCUT2D eigenvalue weighted by atomic mass is 15.3. The van der Waals surface area contributed by atoms with Gasteiger partial charge < -0.3 is 5.73 Å². The summed E-state index contributed by atoms with van der Waals surface area (Å²) in [7, 11) is 0. The van der Waals surface area contributed by atoms with Crippen molar-refractivity contribution < 1.29 is 0 Å². The van der Waals surface area contributed by atoms with E-state index in [0.29, 0.717) is 18.1 Å². The van der Waals surface area contributed by atoms with Gasteiger partial charge in [-0.2, -0.15) is 5.10 Å². The fourth-order valence-electron chi connectivity index (χ4n) is 2.02. The maximum Gasteiger partial charge on any atom is 0.181 e. The Morgan fingerprint density at radius 2 is 2.05 bits per heavy atom. The molecule has 0 spiro atoms. The minimum Gasteiger partial charge on any atom is -0.399 e. The van der Waals surface area contributed by atoms with Crippen molar-refractivity contribution in [3.05, 3.63) is 60.2 Å². The van der Waals surface area contributed by atoms with Crippen molar-refractivity contribution in [2.75, 3.05) is 5.73 Å². The molecule has 0 bridgehead atoms. The van der Waals surface area contributed by atoms with E-state index in [1.807, 2.05) is 43.3 Å². The molecule has 20 heavy (non-hydrogen) atoms. The molecule has 2 aromatic heterocycles. The summed E-state index contributed by atoms with van der Waals surface area (Å²) < 4.78 is 1.79. The maximum absolute atomic E-state index is 5.77. The van der Waals surface area contributed by atoms with Gasteiger partial charge in [-0.25, -0.2) is 9.67 Å². The van der Waals surface area contributed by atoms with E-state index in [2.05, 4.69) is 15.1 Å². The Labute approximate surface area is 117 Å². The summed E-state index contributed by atoms with van der Waals surface area (Å²) >= 11 is 0. The van der Waals surface area contributed by atoms with E-state index < -0.39 is 0 Å². The number of hydrogen-bond acceptors (Lipinski definition) is 4. The molecule has 2 N–H and O–H groups in total. The number of benzene rings is 1. The van der Waals surface area contributed by atoms with Crippen LogP contribution in [0.1, 0.15) is 11.3 Å². The van der Waals surface area contributed by atoms with Crippen LogP contribution in [0, 0.1) is 6.92 Å². The highest BCUT2D eigenvalue weighted by Gasteiger charge is 2.06. The standard InChI is InChI=1S/C15H15N5/c1-11-4-3-7-17-14(11)9-20-10-18-15(19-20)12-5-2-6-13(16)8-12/h2-8,10H,9,16H2,1H3. The van der Waals surface area contributed by atoms with Crippen LogP contribution in [0.5, 0.6) is 0 Å². The third kappa shape index (κ3) is 2.51. The van der Waals surface area contributed by atoms with E-state index in [9.17, 15) is 0 Å². The molecule has 0 saturated carbocycles. The van der Waals surface area contributed by atoms with Crippen LogP contribution < -0.4 is 5.73 Å². The zero-order chi connectivity index (χ0) is 13.9. The molecule has 0 aliphatic carbocycles. The number of pyridine rings is 1. The number of nitrogens with zero attached hydrogens (tertiary/aromatic N) is 4. The second kappa shape index (κ2) is 5.13. The molecular weight excluding hydrogens is 250 g/mol. The van der Waals surface area contributed by atoms with Crippen molar-refractivity contribution in [3.63, 3.8) is 0 Å². The fourth-order valence-corrected chi connectivity index (χ4v) is 2.02.